The van der Waals surface area contributed by atoms with E-state index in [-0.39, 0.29) is 17.7 Å². The first-order valence-electron chi connectivity index (χ1n) is 10.4. The fourth-order valence-corrected chi connectivity index (χ4v) is 3.04. The van der Waals surface area contributed by atoms with Gasteiger partial charge < -0.3 is 26.2 Å². The minimum Gasteiger partial charge on any atom is -0.508 e. The lowest BCUT2D eigenvalue weighted by atomic mass is 10.1. The molecule has 8 heteroatoms. The molecule has 0 aliphatic carbocycles. The summed E-state index contributed by atoms with van der Waals surface area (Å²) in [6.07, 6.45) is -0.773. The van der Waals surface area contributed by atoms with E-state index in [1.165, 1.54) is 0 Å². The fraction of sp³-hybridized carbons (Fsp3) is 0.250. The van der Waals surface area contributed by atoms with Gasteiger partial charge in [-0.15, -0.1) is 0 Å². The number of pyridine rings is 1. The van der Waals surface area contributed by atoms with Crippen LogP contribution in [0.5, 0.6) is 11.6 Å². The van der Waals surface area contributed by atoms with Gasteiger partial charge in [0.1, 0.15) is 5.75 Å². The molecular weight excluding hydrogens is 424 g/mol. The van der Waals surface area contributed by atoms with Crippen LogP contribution in [0.15, 0.2) is 66.7 Å². The van der Waals surface area contributed by atoms with Gasteiger partial charge in [0, 0.05) is 30.4 Å². The molecule has 7 nitrogen and oxygen atoms in total. The van der Waals surface area contributed by atoms with Gasteiger partial charge in [-0.05, 0) is 36.8 Å². The number of carbonyl (C=O) groups excluding carboxylic acids is 1. The number of nitrogens with two attached hydrogens (primary N) is 1. The van der Waals surface area contributed by atoms with Crippen molar-refractivity contribution >= 4 is 24.2 Å². The van der Waals surface area contributed by atoms with Gasteiger partial charge in [0.25, 0.3) is 5.91 Å². The molecule has 5 N–H and O–H groups in total. The first-order chi connectivity index (χ1) is 15.5. The van der Waals surface area contributed by atoms with Crippen LogP contribution in [0.2, 0.25) is 0 Å². The number of benzene rings is 2. The maximum atomic E-state index is 12.6. The third-order valence-electron chi connectivity index (χ3n) is 4.78. The van der Waals surface area contributed by atoms with Crippen molar-refractivity contribution in [2.75, 3.05) is 17.6 Å². The lowest BCUT2D eigenvalue weighted by Crippen LogP contribution is -2.36. The zero-order chi connectivity index (χ0) is 22.9. The van der Waals surface area contributed by atoms with E-state index in [4.69, 9.17) is 10.5 Å². The highest BCUT2D eigenvalue weighted by Crippen LogP contribution is 2.28. The number of aromatic hydroxyl groups is 1. The highest BCUT2D eigenvalue weighted by atomic mass is 32.1. The van der Waals surface area contributed by atoms with E-state index in [0.29, 0.717) is 30.4 Å². The van der Waals surface area contributed by atoms with Crippen molar-refractivity contribution in [1.82, 2.24) is 10.3 Å². The molecule has 2 atom stereocenters. The number of ether oxygens (including phenoxy) is 1. The number of amides is 1. The first kappa shape index (κ1) is 23.4. The van der Waals surface area contributed by atoms with Crippen molar-refractivity contribution in [3.63, 3.8) is 0 Å². The van der Waals surface area contributed by atoms with Gasteiger partial charge in [-0.2, -0.15) is 12.6 Å². The highest BCUT2D eigenvalue weighted by molar-refractivity contribution is 7.80. The number of phenols is 1. The van der Waals surface area contributed by atoms with Gasteiger partial charge in [0.05, 0.1) is 11.4 Å². The minimum atomic E-state index is -0.773. The molecule has 1 aromatic heterocycles. The van der Waals surface area contributed by atoms with Gasteiger partial charge in [-0.25, -0.2) is 4.98 Å². The predicted octanol–water partition coefficient (Wildman–Crippen LogP) is 3.21. The molecule has 0 spiro atoms. The molecule has 0 radical (unpaired) electrons. The number of nitrogens with zero attached hydrogens (tertiary/aromatic N) is 1. The van der Waals surface area contributed by atoms with Crippen LogP contribution in [0, 0.1) is 0 Å². The third-order valence-corrected chi connectivity index (χ3v) is 5.25. The third kappa shape index (κ3) is 6.63. The zero-order valence-corrected chi connectivity index (χ0v) is 18.8. The van der Waals surface area contributed by atoms with Crippen molar-refractivity contribution in [2.45, 2.75) is 25.6 Å². The van der Waals surface area contributed by atoms with Crippen LogP contribution in [-0.4, -0.2) is 40.4 Å². The van der Waals surface area contributed by atoms with Gasteiger partial charge in [-0.1, -0.05) is 42.5 Å². The monoisotopic (exact) mass is 452 g/mol. The van der Waals surface area contributed by atoms with E-state index in [2.05, 4.69) is 28.2 Å². The molecule has 0 aliphatic rings. The van der Waals surface area contributed by atoms with E-state index in [1.807, 2.05) is 42.5 Å². The van der Waals surface area contributed by atoms with Crippen LogP contribution in [0.4, 0.5) is 5.69 Å². The summed E-state index contributed by atoms with van der Waals surface area (Å²) in [5, 5.41) is 15.5. The maximum Gasteiger partial charge on any atom is 0.261 e. The number of nitrogens with one attached hydrogen (secondary N) is 2. The summed E-state index contributed by atoms with van der Waals surface area (Å²) < 4.78 is 5.96. The Labute approximate surface area is 193 Å². The second-order valence-corrected chi connectivity index (χ2v) is 7.75. The van der Waals surface area contributed by atoms with Crippen LogP contribution >= 0.6 is 12.6 Å². The Hall–Kier alpha value is -3.23. The molecule has 0 fully saturated rings. The van der Waals surface area contributed by atoms with E-state index >= 15 is 0 Å². The quantitative estimate of drug-likeness (QED) is 0.302. The average molecular weight is 453 g/mol. The van der Waals surface area contributed by atoms with Crippen LogP contribution in [0.3, 0.4) is 0 Å². The second-order valence-electron chi connectivity index (χ2n) is 7.38. The summed E-state index contributed by atoms with van der Waals surface area (Å²) >= 11 is 4.21. The van der Waals surface area contributed by atoms with E-state index < -0.39 is 6.10 Å². The SMILES string of the molecule is C[C@@H](Oc1nc(-c2ccccc2)ccc1NCC(N)CS)C(=O)NCc1ccc(O)cc1. The number of anilines is 1. The molecule has 32 heavy (non-hydrogen) atoms. The highest BCUT2D eigenvalue weighted by Gasteiger charge is 2.18. The summed E-state index contributed by atoms with van der Waals surface area (Å²) in [6, 6.07) is 20.0. The van der Waals surface area contributed by atoms with Crippen LogP contribution in [-0.2, 0) is 11.3 Å². The average Bonchev–Trinajstić information content (AvgIpc) is 2.82. The van der Waals surface area contributed by atoms with Crippen molar-refractivity contribution < 1.29 is 14.6 Å². The molecule has 0 bridgehead atoms. The fourth-order valence-electron chi connectivity index (χ4n) is 2.91. The van der Waals surface area contributed by atoms with Gasteiger partial charge in [0.15, 0.2) is 6.10 Å². The van der Waals surface area contributed by atoms with Crippen molar-refractivity contribution in [1.29, 1.82) is 0 Å². The van der Waals surface area contributed by atoms with Crippen LogP contribution in [0.25, 0.3) is 11.3 Å². The number of thiol groups is 1. The Balaban J connectivity index is 1.73. The molecule has 0 saturated carbocycles. The standard InChI is InChI=1S/C24H28N4O3S/c1-16(23(30)27-13-17-7-9-20(29)10-8-17)31-24-22(26-14-19(25)15-32)12-11-21(28-24)18-5-3-2-4-6-18/h2-12,16,19,26,29,32H,13-15,25H2,1H3,(H,27,30)/t16-,19?/m1/s1. The van der Waals surface area contributed by atoms with E-state index in [0.717, 1.165) is 16.8 Å². The topological polar surface area (TPSA) is 110 Å². The van der Waals surface area contributed by atoms with Crippen molar-refractivity contribution in [2.24, 2.45) is 5.73 Å². The lowest BCUT2D eigenvalue weighted by molar-refractivity contribution is -0.127. The smallest absolute Gasteiger partial charge is 0.261 e. The van der Waals surface area contributed by atoms with Crippen molar-refractivity contribution in [3.05, 3.63) is 72.3 Å². The molecule has 2 aromatic carbocycles. The zero-order valence-electron chi connectivity index (χ0n) is 17.9. The molecule has 168 valence electrons. The number of carbonyl (C=O) groups is 1. The number of hydrogen-bond donors (Lipinski definition) is 5. The van der Waals surface area contributed by atoms with Crippen molar-refractivity contribution in [3.8, 4) is 22.9 Å². The Morgan fingerprint density at radius 3 is 2.53 bits per heavy atom. The first-order valence-corrected chi connectivity index (χ1v) is 11.0. The lowest BCUT2D eigenvalue weighted by Gasteiger charge is -2.19. The maximum absolute atomic E-state index is 12.6. The predicted molar refractivity (Wildman–Crippen MR) is 130 cm³/mol. The second kappa shape index (κ2) is 11.4. The molecule has 3 rings (SSSR count). The Morgan fingerprint density at radius 1 is 1.12 bits per heavy atom. The summed E-state index contributed by atoms with van der Waals surface area (Å²) in [5.41, 5.74) is 9.17. The van der Waals surface area contributed by atoms with E-state index in [9.17, 15) is 9.90 Å². The Bertz CT molecular complexity index is 1020. The van der Waals surface area contributed by atoms with Crippen LogP contribution < -0.4 is 21.1 Å². The molecular formula is C24H28N4O3S. The number of phenolic OH excluding ortho intramolecular Hbond substituents is 1. The van der Waals surface area contributed by atoms with Gasteiger partial charge in [0.2, 0.25) is 5.88 Å². The number of rotatable bonds is 10. The minimum absolute atomic E-state index is 0.133. The molecule has 1 heterocycles. The summed E-state index contributed by atoms with van der Waals surface area (Å²) in [7, 11) is 0. The summed E-state index contributed by atoms with van der Waals surface area (Å²) in [6.45, 7) is 2.49. The van der Waals surface area contributed by atoms with E-state index in [1.54, 1.807) is 31.2 Å². The Kier molecular flexibility index (Phi) is 8.35. The number of aromatic nitrogens is 1. The molecule has 0 saturated heterocycles. The Morgan fingerprint density at radius 2 is 1.84 bits per heavy atom. The van der Waals surface area contributed by atoms with Gasteiger partial charge in [-0.3, -0.25) is 4.79 Å². The normalized spacial score (nSPS) is 12.6. The molecule has 0 aliphatic heterocycles. The largest absolute Gasteiger partial charge is 0.508 e. The molecule has 1 amide bonds. The molecule has 1 unspecified atom stereocenters. The molecule has 3 aromatic rings. The summed E-state index contributed by atoms with van der Waals surface area (Å²) in [5.74, 6) is 0.765. The van der Waals surface area contributed by atoms with Gasteiger partial charge >= 0.3 is 0 Å². The summed E-state index contributed by atoms with van der Waals surface area (Å²) in [4.78, 5) is 17.2. The van der Waals surface area contributed by atoms with Crippen LogP contribution in [0.1, 0.15) is 12.5 Å². The number of hydrogen-bond acceptors (Lipinski definition) is 7.